The van der Waals surface area contributed by atoms with Crippen molar-refractivity contribution in [2.45, 2.75) is 52.7 Å². The molecule has 1 aromatic rings. The number of benzene rings is 1. The minimum absolute atomic E-state index is 0. The van der Waals surface area contributed by atoms with Gasteiger partial charge in [-0.1, -0.05) is 12.1 Å². The van der Waals surface area contributed by atoms with E-state index >= 15 is 0 Å². The van der Waals surface area contributed by atoms with Crippen LogP contribution in [0.1, 0.15) is 46.1 Å². The van der Waals surface area contributed by atoms with Gasteiger partial charge in [0.05, 0.1) is 6.54 Å². The Labute approximate surface area is 196 Å². The number of hydrogen-bond donors (Lipinski definition) is 3. The van der Waals surface area contributed by atoms with E-state index in [2.05, 4.69) is 20.9 Å². The van der Waals surface area contributed by atoms with Crippen molar-refractivity contribution >= 4 is 47.6 Å². The lowest BCUT2D eigenvalue weighted by molar-refractivity contribution is -0.117. The number of carbonyl (C=O) groups excluding carboxylic acids is 2. The minimum atomic E-state index is -0.508. The second-order valence-corrected chi connectivity index (χ2v) is 7.87. The van der Waals surface area contributed by atoms with Crippen LogP contribution in [0.3, 0.4) is 0 Å². The molecule has 2 rings (SSSR count). The molecule has 0 spiro atoms. The van der Waals surface area contributed by atoms with Crippen LogP contribution >= 0.6 is 24.0 Å². The summed E-state index contributed by atoms with van der Waals surface area (Å²) in [4.78, 5) is 29.9. The number of halogens is 1. The smallest absolute Gasteiger partial charge is 0.407 e. The normalized spacial score (nSPS) is 14.2. The Hall–Kier alpha value is -2.04. The number of anilines is 1. The van der Waals surface area contributed by atoms with E-state index in [-0.39, 0.29) is 29.9 Å². The monoisotopic (exact) mass is 531 g/mol. The maximum atomic E-state index is 11.8. The van der Waals surface area contributed by atoms with Crippen LogP contribution in [-0.2, 0) is 16.1 Å². The predicted octanol–water partition coefficient (Wildman–Crippen LogP) is 3.01. The van der Waals surface area contributed by atoms with Gasteiger partial charge in [0.15, 0.2) is 5.96 Å². The third kappa shape index (κ3) is 9.19. The van der Waals surface area contributed by atoms with E-state index in [1.165, 1.54) is 0 Å². The molecule has 3 N–H and O–H groups in total. The van der Waals surface area contributed by atoms with Gasteiger partial charge in [-0.05, 0) is 51.8 Å². The zero-order chi connectivity index (χ0) is 21.3. The molecule has 0 bridgehead atoms. The van der Waals surface area contributed by atoms with E-state index in [0.717, 1.165) is 30.8 Å². The van der Waals surface area contributed by atoms with E-state index in [1.54, 1.807) is 0 Å². The molecule has 0 saturated carbocycles. The summed E-state index contributed by atoms with van der Waals surface area (Å²) >= 11 is 0. The van der Waals surface area contributed by atoms with Crippen LogP contribution in [0, 0.1) is 0 Å². The summed E-state index contributed by atoms with van der Waals surface area (Å²) in [6.45, 7) is 10.5. The number of guanidine groups is 1. The summed E-state index contributed by atoms with van der Waals surface area (Å²) in [5, 5.41) is 9.08. The summed E-state index contributed by atoms with van der Waals surface area (Å²) in [7, 11) is 0. The number of nitrogens with one attached hydrogen (secondary N) is 3. The highest BCUT2D eigenvalue weighted by atomic mass is 127. The van der Waals surface area contributed by atoms with E-state index < -0.39 is 11.7 Å². The number of hydrogen-bond acceptors (Lipinski definition) is 4. The lowest BCUT2D eigenvalue weighted by Gasteiger charge is -2.20. The number of nitrogens with zero attached hydrogens (tertiary/aromatic N) is 2. The van der Waals surface area contributed by atoms with Gasteiger partial charge in [-0.3, -0.25) is 4.79 Å². The van der Waals surface area contributed by atoms with Gasteiger partial charge >= 0.3 is 6.09 Å². The molecule has 0 aromatic heterocycles. The zero-order valence-corrected chi connectivity index (χ0v) is 20.6. The molecule has 168 valence electrons. The lowest BCUT2D eigenvalue weighted by atomic mass is 10.2. The van der Waals surface area contributed by atoms with Crippen LogP contribution in [0.15, 0.2) is 29.3 Å². The van der Waals surface area contributed by atoms with Crippen LogP contribution in [0.25, 0.3) is 0 Å². The fourth-order valence-electron chi connectivity index (χ4n) is 2.87. The summed E-state index contributed by atoms with van der Waals surface area (Å²) in [5.74, 6) is 0.867. The minimum Gasteiger partial charge on any atom is -0.444 e. The Morgan fingerprint density at radius 3 is 2.37 bits per heavy atom. The Kier molecular flexibility index (Phi) is 10.9. The van der Waals surface area contributed by atoms with Crippen molar-refractivity contribution < 1.29 is 14.3 Å². The average Bonchev–Trinajstić information content (AvgIpc) is 3.08. The Bertz CT molecular complexity index is 716. The summed E-state index contributed by atoms with van der Waals surface area (Å²) in [6.07, 6.45) is 1.12. The molecular formula is C21H34IN5O3. The van der Waals surface area contributed by atoms with Gasteiger partial charge in [0.2, 0.25) is 5.91 Å². The highest BCUT2D eigenvalue weighted by Crippen LogP contribution is 2.21. The molecular weight excluding hydrogens is 497 g/mol. The van der Waals surface area contributed by atoms with Crippen molar-refractivity contribution in [2.24, 2.45) is 4.99 Å². The summed E-state index contributed by atoms with van der Waals surface area (Å²) in [5.41, 5.74) is 1.49. The first-order chi connectivity index (χ1) is 13.8. The number of amides is 2. The fraction of sp³-hybridized carbons (Fsp3) is 0.571. The first-order valence-electron chi connectivity index (χ1n) is 10.2. The van der Waals surface area contributed by atoms with Crippen molar-refractivity contribution in [2.75, 3.05) is 31.1 Å². The highest BCUT2D eigenvalue weighted by Gasteiger charge is 2.21. The van der Waals surface area contributed by atoms with Gasteiger partial charge in [0, 0.05) is 38.3 Å². The second kappa shape index (κ2) is 12.6. The Balaban J connectivity index is 0.00000450. The number of ether oxygens (including phenoxy) is 1. The van der Waals surface area contributed by atoms with Crippen LogP contribution in [0.4, 0.5) is 10.5 Å². The third-order valence-corrected chi connectivity index (χ3v) is 4.17. The summed E-state index contributed by atoms with van der Waals surface area (Å²) < 4.78 is 5.20. The largest absolute Gasteiger partial charge is 0.444 e. The molecule has 0 unspecified atom stereocenters. The molecule has 8 nitrogen and oxygen atoms in total. The topological polar surface area (TPSA) is 95.1 Å². The van der Waals surface area contributed by atoms with E-state index in [9.17, 15) is 9.59 Å². The van der Waals surface area contributed by atoms with Gasteiger partial charge in [-0.2, -0.15) is 0 Å². The van der Waals surface area contributed by atoms with Gasteiger partial charge in [-0.25, -0.2) is 9.79 Å². The molecule has 9 heteroatoms. The second-order valence-electron chi connectivity index (χ2n) is 7.87. The predicted molar refractivity (Wildman–Crippen MR) is 130 cm³/mol. The van der Waals surface area contributed by atoms with E-state index in [0.29, 0.717) is 32.0 Å². The fourth-order valence-corrected chi connectivity index (χ4v) is 2.87. The Morgan fingerprint density at radius 1 is 1.13 bits per heavy atom. The van der Waals surface area contributed by atoms with Crippen molar-refractivity contribution in [3.8, 4) is 0 Å². The molecule has 2 amide bonds. The number of rotatable bonds is 7. The van der Waals surface area contributed by atoms with Crippen LogP contribution in [0.2, 0.25) is 0 Å². The quantitative estimate of drug-likeness (QED) is 0.218. The molecule has 1 aromatic carbocycles. The number of alkyl carbamates (subject to hydrolysis) is 1. The van der Waals surface area contributed by atoms with Crippen molar-refractivity contribution in [1.29, 1.82) is 0 Å². The van der Waals surface area contributed by atoms with E-state index in [1.807, 2.05) is 56.9 Å². The van der Waals surface area contributed by atoms with Gasteiger partial charge < -0.3 is 25.6 Å². The molecule has 0 atom stereocenters. The first kappa shape index (κ1) is 26.0. The number of aliphatic imine (C=N–C) groups is 1. The first-order valence-corrected chi connectivity index (χ1v) is 10.2. The standard InChI is InChI=1S/C21H33N5O3.HI/c1-5-22-19(23-12-13-24-20(28)29-21(2,3)4)25-15-16-8-10-17(11-9-16)26-14-6-7-18(26)27;/h8-11H,5-7,12-15H2,1-4H3,(H,24,28)(H2,22,23,25);1H. The van der Waals surface area contributed by atoms with Gasteiger partial charge in [0.1, 0.15) is 5.60 Å². The molecule has 30 heavy (non-hydrogen) atoms. The van der Waals surface area contributed by atoms with Crippen molar-refractivity contribution in [3.05, 3.63) is 29.8 Å². The van der Waals surface area contributed by atoms with Crippen LogP contribution in [0.5, 0.6) is 0 Å². The Morgan fingerprint density at radius 2 is 1.80 bits per heavy atom. The maximum absolute atomic E-state index is 11.8. The molecule has 1 aliphatic rings. The van der Waals surface area contributed by atoms with Gasteiger partial charge in [0.25, 0.3) is 0 Å². The summed E-state index contributed by atoms with van der Waals surface area (Å²) in [6, 6.07) is 7.94. The SMILES string of the molecule is CCNC(=NCc1ccc(N2CCCC2=O)cc1)NCCNC(=O)OC(C)(C)C.I. The van der Waals surface area contributed by atoms with Crippen molar-refractivity contribution in [3.63, 3.8) is 0 Å². The molecule has 1 heterocycles. The highest BCUT2D eigenvalue weighted by molar-refractivity contribution is 14.0. The molecule has 1 saturated heterocycles. The number of carbonyl (C=O) groups is 2. The molecule has 0 radical (unpaired) electrons. The molecule has 1 fully saturated rings. The van der Waals surface area contributed by atoms with Crippen LogP contribution in [-0.4, -0.2) is 49.7 Å². The van der Waals surface area contributed by atoms with E-state index in [4.69, 9.17) is 4.74 Å². The molecule has 0 aliphatic carbocycles. The average molecular weight is 531 g/mol. The molecule has 1 aliphatic heterocycles. The zero-order valence-electron chi connectivity index (χ0n) is 18.3. The van der Waals surface area contributed by atoms with Crippen LogP contribution < -0.4 is 20.9 Å². The lowest BCUT2D eigenvalue weighted by Crippen LogP contribution is -2.42. The maximum Gasteiger partial charge on any atom is 0.407 e. The van der Waals surface area contributed by atoms with Crippen molar-refractivity contribution in [1.82, 2.24) is 16.0 Å². The van der Waals surface area contributed by atoms with Gasteiger partial charge in [-0.15, -0.1) is 24.0 Å². The third-order valence-electron chi connectivity index (χ3n) is 4.17.